The van der Waals surface area contributed by atoms with Crippen molar-refractivity contribution in [1.82, 2.24) is 0 Å². The second-order valence-corrected chi connectivity index (χ2v) is 8.57. The van der Waals surface area contributed by atoms with Crippen molar-refractivity contribution >= 4 is 11.6 Å². The van der Waals surface area contributed by atoms with Gasteiger partial charge in [-0.25, -0.2) is 4.39 Å². The summed E-state index contributed by atoms with van der Waals surface area (Å²) in [4.78, 5) is 0. The highest BCUT2D eigenvalue weighted by Crippen LogP contribution is 2.38. The molecule has 0 heterocycles. The van der Waals surface area contributed by atoms with Crippen LogP contribution in [0.2, 0.25) is 0 Å². The van der Waals surface area contributed by atoms with Gasteiger partial charge in [-0.05, 0) is 78.8 Å². The average molecular weight is 379 g/mol. The molecule has 0 bridgehead atoms. The van der Waals surface area contributed by atoms with Crippen LogP contribution in [-0.4, -0.2) is 0 Å². The summed E-state index contributed by atoms with van der Waals surface area (Å²) < 4.78 is 13.1. The van der Waals surface area contributed by atoms with Crippen LogP contribution in [0.25, 0.3) is 11.6 Å². The van der Waals surface area contributed by atoms with E-state index < -0.39 is 0 Å². The minimum atomic E-state index is -0.184. The maximum absolute atomic E-state index is 13.1. The minimum absolute atomic E-state index is 0.184. The fraction of sp³-hybridized carbons (Fsp3) is 0.481. The molecule has 0 nitrogen and oxygen atoms in total. The molecular formula is C27H35F. The second-order valence-electron chi connectivity index (χ2n) is 8.57. The summed E-state index contributed by atoms with van der Waals surface area (Å²) in [5.74, 6) is 1.52. The van der Waals surface area contributed by atoms with Crippen molar-refractivity contribution in [1.29, 1.82) is 0 Å². The quantitative estimate of drug-likeness (QED) is 0.318. The molecule has 0 N–H and O–H groups in total. The standard InChI is InChI=1S/C27H35F/c1-3-4-5-6-7-22-8-12-25(13-9-22)26-14-10-23(11-15-26)20-21(2)24-16-18-27(28)19-17-24/h10-11,14-20,22,25H,3-9,12-13H2,1-2H3/b21-20+. The highest BCUT2D eigenvalue weighted by Gasteiger charge is 2.21. The van der Waals surface area contributed by atoms with Crippen molar-refractivity contribution in [3.63, 3.8) is 0 Å². The van der Waals surface area contributed by atoms with Gasteiger partial charge in [-0.2, -0.15) is 0 Å². The molecule has 1 aliphatic carbocycles. The molecule has 1 fully saturated rings. The van der Waals surface area contributed by atoms with E-state index in [1.165, 1.54) is 81.0 Å². The zero-order valence-corrected chi connectivity index (χ0v) is 17.6. The van der Waals surface area contributed by atoms with Gasteiger partial charge in [0.2, 0.25) is 0 Å². The van der Waals surface area contributed by atoms with Gasteiger partial charge in [-0.1, -0.05) is 81.5 Å². The first kappa shape index (κ1) is 20.8. The van der Waals surface area contributed by atoms with Crippen LogP contribution in [-0.2, 0) is 0 Å². The van der Waals surface area contributed by atoms with Crippen molar-refractivity contribution in [2.24, 2.45) is 5.92 Å². The molecule has 28 heavy (non-hydrogen) atoms. The van der Waals surface area contributed by atoms with Gasteiger partial charge >= 0.3 is 0 Å². The smallest absolute Gasteiger partial charge is 0.123 e. The summed E-state index contributed by atoms with van der Waals surface area (Å²) in [5, 5.41) is 0. The van der Waals surface area contributed by atoms with Gasteiger partial charge in [-0.15, -0.1) is 0 Å². The molecule has 0 saturated heterocycles. The Morgan fingerprint density at radius 3 is 2.21 bits per heavy atom. The lowest BCUT2D eigenvalue weighted by Gasteiger charge is -2.29. The first-order valence-corrected chi connectivity index (χ1v) is 11.2. The van der Waals surface area contributed by atoms with Crippen LogP contribution in [0.5, 0.6) is 0 Å². The molecule has 0 aliphatic heterocycles. The minimum Gasteiger partial charge on any atom is -0.207 e. The maximum atomic E-state index is 13.1. The molecular weight excluding hydrogens is 343 g/mol. The summed E-state index contributed by atoms with van der Waals surface area (Å²) in [6.07, 6.45) is 14.7. The van der Waals surface area contributed by atoms with Gasteiger partial charge in [0.05, 0.1) is 0 Å². The maximum Gasteiger partial charge on any atom is 0.123 e. The van der Waals surface area contributed by atoms with Gasteiger partial charge in [0.15, 0.2) is 0 Å². The molecule has 0 aromatic heterocycles. The van der Waals surface area contributed by atoms with E-state index in [0.717, 1.165) is 23.0 Å². The molecule has 1 aliphatic rings. The highest BCUT2D eigenvalue weighted by molar-refractivity contribution is 5.80. The molecule has 0 radical (unpaired) electrons. The van der Waals surface area contributed by atoms with Crippen LogP contribution >= 0.6 is 0 Å². The van der Waals surface area contributed by atoms with E-state index in [-0.39, 0.29) is 5.82 Å². The lowest BCUT2D eigenvalue weighted by atomic mass is 9.77. The Hall–Kier alpha value is -1.89. The lowest BCUT2D eigenvalue weighted by Crippen LogP contribution is -2.13. The second kappa shape index (κ2) is 10.6. The van der Waals surface area contributed by atoms with Crippen molar-refractivity contribution in [2.75, 3.05) is 0 Å². The Labute approximate surface area is 170 Å². The van der Waals surface area contributed by atoms with Gasteiger partial charge in [0.1, 0.15) is 5.82 Å². The van der Waals surface area contributed by atoms with Crippen LogP contribution in [0.1, 0.15) is 94.2 Å². The highest BCUT2D eigenvalue weighted by atomic mass is 19.1. The third-order valence-corrected chi connectivity index (χ3v) is 6.40. The lowest BCUT2D eigenvalue weighted by molar-refractivity contribution is 0.302. The zero-order chi connectivity index (χ0) is 19.8. The van der Waals surface area contributed by atoms with Crippen molar-refractivity contribution < 1.29 is 4.39 Å². The van der Waals surface area contributed by atoms with Crippen LogP contribution in [0.15, 0.2) is 48.5 Å². The average Bonchev–Trinajstić information content (AvgIpc) is 2.73. The monoisotopic (exact) mass is 378 g/mol. The number of hydrogen-bond donors (Lipinski definition) is 0. The van der Waals surface area contributed by atoms with E-state index in [4.69, 9.17) is 0 Å². The number of halogens is 1. The largest absolute Gasteiger partial charge is 0.207 e. The third-order valence-electron chi connectivity index (χ3n) is 6.40. The van der Waals surface area contributed by atoms with E-state index in [0.29, 0.717) is 0 Å². The van der Waals surface area contributed by atoms with Crippen molar-refractivity contribution in [2.45, 2.75) is 77.6 Å². The number of benzene rings is 2. The summed E-state index contributed by atoms with van der Waals surface area (Å²) in [6.45, 7) is 4.37. The molecule has 2 aromatic rings. The normalized spacial score (nSPS) is 20.3. The number of hydrogen-bond acceptors (Lipinski definition) is 0. The van der Waals surface area contributed by atoms with E-state index in [2.05, 4.69) is 44.2 Å². The first-order valence-electron chi connectivity index (χ1n) is 11.2. The van der Waals surface area contributed by atoms with Gasteiger partial charge in [-0.3, -0.25) is 0 Å². The van der Waals surface area contributed by atoms with Gasteiger partial charge in [0.25, 0.3) is 0 Å². The summed E-state index contributed by atoms with van der Waals surface area (Å²) in [5.41, 5.74) is 4.95. The molecule has 3 rings (SSSR count). The van der Waals surface area contributed by atoms with Crippen molar-refractivity contribution in [3.05, 3.63) is 71.0 Å². The molecule has 2 aromatic carbocycles. The predicted molar refractivity (Wildman–Crippen MR) is 120 cm³/mol. The molecule has 0 amide bonds. The number of allylic oxidation sites excluding steroid dienone is 1. The first-order chi connectivity index (χ1) is 13.7. The Kier molecular flexibility index (Phi) is 7.89. The van der Waals surface area contributed by atoms with E-state index in [1.807, 2.05) is 12.1 Å². The Bertz CT molecular complexity index is 731. The Balaban J connectivity index is 1.52. The molecule has 150 valence electrons. The van der Waals surface area contributed by atoms with Crippen LogP contribution in [0.3, 0.4) is 0 Å². The van der Waals surface area contributed by atoms with E-state index in [9.17, 15) is 4.39 Å². The molecule has 0 atom stereocenters. The van der Waals surface area contributed by atoms with Crippen molar-refractivity contribution in [3.8, 4) is 0 Å². The SMILES string of the molecule is CCCCCCC1CCC(c2ccc(/C=C(\C)c3ccc(F)cc3)cc2)CC1. The van der Waals surface area contributed by atoms with Gasteiger partial charge in [0, 0.05) is 0 Å². The number of unbranched alkanes of at least 4 members (excludes halogenated alkanes) is 3. The third kappa shape index (κ3) is 6.06. The topological polar surface area (TPSA) is 0 Å². The fourth-order valence-corrected chi connectivity index (χ4v) is 4.55. The molecule has 1 heteroatoms. The summed E-state index contributed by atoms with van der Waals surface area (Å²) >= 11 is 0. The zero-order valence-electron chi connectivity index (χ0n) is 17.6. The van der Waals surface area contributed by atoms with E-state index >= 15 is 0 Å². The molecule has 0 unspecified atom stereocenters. The van der Waals surface area contributed by atoms with Crippen LogP contribution in [0.4, 0.5) is 4.39 Å². The Morgan fingerprint density at radius 1 is 0.893 bits per heavy atom. The summed E-state index contributed by atoms with van der Waals surface area (Å²) in [7, 11) is 0. The fourth-order valence-electron chi connectivity index (χ4n) is 4.55. The molecule has 0 spiro atoms. The van der Waals surface area contributed by atoms with E-state index in [1.54, 1.807) is 0 Å². The predicted octanol–water partition coefficient (Wildman–Crippen LogP) is 8.63. The summed E-state index contributed by atoms with van der Waals surface area (Å²) in [6, 6.07) is 15.8. The Morgan fingerprint density at radius 2 is 1.57 bits per heavy atom. The van der Waals surface area contributed by atoms with Crippen LogP contribution < -0.4 is 0 Å². The number of rotatable bonds is 8. The molecule has 1 saturated carbocycles. The van der Waals surface area contributed by atoms with Gasteiger partial charge < -0.3 is 0 Å². The van der Waals surface area contributed by atoms with Crippen LogP contribution in [0, 0.1) is 11.7 Å².